The summed E-state index contributed by atoms with van der Waals surface area (Å²) in [6, 6.07) is 0. The quantitative estimate of drug-likeness (QED) is 0.377. The van der Waals surface area contributed by atoms with Gasteiger partial charge in [0.2, 0.25) is 0 Å². The zero-order valence-corrected chi connectivity index (χ0v) is 7.99. The molecular formula is C10H16O3. The highest BCUT2D eigenvalue weighted by Gasteiger charge is 2.18. The third-order valence-corrected chi connectivity index (χ3v) is 2.09. The molecule has 0 spiro atoms. The average molecular weight is 184 g/mol. The first kappa shape index (κ1) is 10.3. The van der Waals surface area contributed by atoms with Crippen LogP contribution in [0.4, 0.5) is 0 Å². The third kappa shape index (κ3) is 3.59. The first-order valence-electron chi connectivity index (χ1n) is 4.67. The Kier molecular flexibility index (Phi) is 4.54. The molecule has 0 aromatic carbocycles. The number of allylic oxidation sites excluding steroid dienone is 1. The number of esters is 1. The number of rotatable bonds is 4. The molecule has 74 valence electrons. The Morgan fingerprint density at radius 2 is 2.38 bits per heavy atom. The number of hydrogen-bond acceptors (Lipinski definition) is 3. The largest absolute Gasteiger partial charge is 0.463 e. The standard InChI is InChI=1S/C10H16O3/c1-12-7-8-13-10(11)9-5-3-2-4-6-9/h3,5,9H,2,4,6-8H2,1H3. The number of methoxy groups -OCH3 is 1. The monoisotopic (exact) mass is 184 g/mol. The molecule has 3 nitrogen and oxygen atoms in total. The summed E-state index contributed by atoms with van der Waals surface area (Å²) in [6.45, 7) is 0.835. The molecule has 1 aliphatic rings. The summed E-state index contributed by atoms with van der Waals surface area (Å²) < 4.78 is 9.79. The van der Waals surface area contributed by atoms with Crippen LogP contribution in [0.25, 0.3) is 0 Å². The first-order valence-corrected chi connectivity index (χ1v) is 4.67. The highest BCUT2D eigenvalue weighted by Crippen LogP contribution is 2.17. The van der Waals surface area contributed by atoms with Gasteiger partial charge in [0.15, 0.2) is 0 Å². The summed E-state index contributed by atoms with van der Waals surface area (Å²) in [6.07, 6.45) is 7.08. The lowest BCUT2D eigenvalue weighted by atomic mass is 9.96. The van der Waals surface area contributed by atoms with E-state index in [1.54, 1.807) is 7.11 Å². The Bertz CT molecular complexity index is 187. The maximum atomic E-state index is 11.3. The second kappa shape index (κ2) is 5.75. The van der Waals surface area contributed by atoms with Crippen molar-refractivity contribution in [2.24, 2.45) is 5.92 Å². The van der Waals surface area contributed by atoms with Crippen molar-refractivity contribution >= 4 is 5.97 Å². The predicted octanol–water partition coefficient (Wildman–Crippen LogP) is 1.53. The topological polar surface area (TPSA) is 35.5 Å². The van der Waals surface area contributed by atoms with Crippen molar-refractivity contribution in [3.05, 3.63) is 12.2 Å². The van der Waals surface area contributed by atoms with Crippen molar-refractivity contribution < 1.29 is 14.3 Å². The van der Waals surface area contributed by atoms with E-state index in [1.807, 2.05) is 12.2 Å². The van der Waals surface area contributed by atoms with Crippen LogP contribution in [0, 0.1) is 5.92 Å². The molecule has 0 radical (unpaired) electrons. The molecule has 0 amide bonds. The zero-order valence-electron chi connectivity index (χ0n) is 7.99. The molecule has 0 fully saturated rings. The predicted molar refractivity (Wildman–Crippen MR) is 49.3 cm³/mol. The molecule has 13 heavy (non-hydrogen) atoms. The Balaban J connectivity index is 2.21. The Morgan fingerprint density at radius 3 is 3.00 bits per heavy atom. The molecule has 0 heterocycles. The normalized spacial score (nSPS) is 21.5. The van der Waals surface area contributed by atoms with Gasteiger partial charge in [-0.1, -0.05) is 12.2 Å². The van der Waals surface area contributed by atoms with E-state index in [9.17, 15) is 4.79 Å². The zero-order chi connectivity index (χ0) is 9.52. The van der Waals surface area contributed by atoms with Crippen LogP contribution in [0.3, 0.4) is 0 Å². The van der Waals surface area contributed by atoms with E-state index in [4.69, 9.17) is 9.47 Å². The minimum absolute atomic E-state index is 0.0226. The van der Waals surface area contributed by atoms with Crippen LogP contribution in [-0.2, 0) is 14.3 Å². The van der Waals surface area contributed by atoms with Crippen molar-refractivity contribution in [1.29, 1.82) is 0 Å². The SMILES string of the molecule is COCCOC(=O)C1C=CCCC1. The van der Waals surface area contributed by atoms with Crippen LogP contribution in [-0.4, -0.2) is 26.3 Å². The van der Waals surface area contributed by atoms with Crippen LogP contribution in [0.2, 0.25) is 0 Å². The fourth-order valence-corrected chi connectivity index (χ4v) is 1.34. The van der Waals surface area contributed by atoms with Gasteiger partial charge >= 0.3 is 5.97 Å². The van der Waals surface area contributed by atoms with E-state index in [1.165, 1.54) is 0 Å². The number of carbonyl (C=O) groups is 1. The van der Waals surface area contributed by atoms with Crippen LogP contribution in [0.5, 0.6) is 0 Å². The molecule has 0 aromatic heterocycles. The Morgan fingerprint density at radius 1 is 1.54 bits per heavy atom. The first-order chi connectivity index (χ1) is 6.34. The maximum absolute atomic E-state index is 11.3. The van der Waals surface area contributed by atoms with Gasteiger partial charge in [-0.2, -0.15) is 0 Å². The van der Waals surface area contributed by atoms with Gasteiger partial charge in [-0.15, -0.1) is 0 Å². The van der Waals surface area contributed by atoms with Crippen LogP contribution < -0.4 is 0 Å². The van der Waals surface area contributed by atoms with Crippen LogP contribution >= 0.6 is 0 Å². The number of carbonyl (C=O) groups excluding carboxylic acids is 1. The van der Waals surface area contributed by atoms with Gasteiger partial charge in [-0.3, -0.25) is 4.79 Å². The van der Waals surface area contributed by atoms with E-state index in [0.29, 0.717) is 13.2 Å². The second-order valence-electron chi connectivity index (χ2n) is 3.13. The number of ether oxygens (including phenoxy) is 2. The summed E-state index contributed by atoms with van der Waals surface area (Å²) in [5.74, 6) is -0.140. The summed E-state index contributed by atoms with van der Waals surface area (Å²) in [5.41, 5.74) is 0. The molecule has 1 atom stereocenters. The van der Waals surface area contributed by atoms with E-state index >= 15 is 0 Å². The summed E-state index contributed by atoms with van der Waals surface area (Å²) >= 11 is 0. The summed E-state index contributed by atoms with van der Waals surface area (Å²) in [5, 5.41) is 0. The van der Waals surface area contributed by atoms with Crippen molar-refractivity contribution in [3.63, 3.8) is 0 Å². The second-order valence-corrected chi connectivity index (χ2v) is 3.13. The van der Waals surface area contributed by atoms with Gasteiger partial charge in [0.1, 0.15) is 6.61 Å². The lowest BCUT2D eigenvalue weighted by molar-refractivity contribution is -0.148. The molecular weight excluding hydrogens is 168 g/mol. The van der Waals surface area contributed by atoms with Gasteiger partial charge in [0, 0.05) is 7.11 Å². The Labute approximate surface area is 78.7 Å². The molecule has 1 unspecified atom stereocenters. The molecule has 0 N–H and O–H groups in total. The highest BCUT2D eigenvalue weighted by atomic mass is 16.6. The van der Waals surface area contributed by atoms with Gasteiger partial charge in [0.25, 0.3) is 0 Å². The Hall–Kier alpha value is -0.830. The molecule has 0 saturated heterocycles. The van der Waals surface area contributed by atoms with Crippen molar-refractivity contribution in [2.45, 2.75) is 19.3 Å². The highest BCUT2D eigenvalue weighted by molar-refractivity contribution is 5.74. The van der Waals surface area contributed by atoms with Gasteiger partial charge in [-0.25, -0.2) is 0 Å². The van der Waals surface area contributed by atoms with Gasteiger partial charge < -0.3 is 9.47 Å². The minimum Gasteiger partial charge on any atom is -0.463 e. The fraction of sp³-hybridized carbons (Fsp3) is 0.700. The third-order valence-electron chi connectivity index (χ3n) is 2.09. The molecule has 1 rings (SSSR count). The molecule has 0 aromatic rings. The van der Waals surface area contributed by atoms with Gasteiger partial charge in [0.05, 0.1) is 12.5 Å². The molecule has 0 saturated carbocycles. The summed E-state index contributed by atoms with van der Waals surface area (Å²) in [4.78, 5) is 11.3. The maximum Gasteiger partial charge on any atom is 0.312 e. The van der Waals surface area contributed by atoms with E-state index < -0.39 is 0 Å². The molecule has 3 heteroatoms. The lowest BCUT2D eigenvalue weighted by Gasteiger charge is -2.14. The van der Waals surface area contributed by atoms with Crippen molar-refractivity contribution in [1.82, 2.24) is 0 Å². The average Bonchev–Trinajstić information content (AvgIpc) is 2.19. The van der Waals surface area contributed by atoms with Crippen LogP contribution in [0.1, 0.15) is 19.3 Å². The van der Waals surface area contributed by atoms with Gasteiger partial charge in [-0.05, 0) is 19.3 Å². The summed E-state index contributed by atoms with van der Waals surface area (Å²) in [7, 11) is 1.59. The lowest BCUT2D eigenvalue weighted by Crippen LogP contribution is -2.19. The van der Waals surface area contributed by atoms with E-state index in [0.717, 1.165) is 19.3 Å². The fourth-order valence-electron chi connectivity index (χ4n) is 1.34. The number of hydrogen-bond donors (Lipinski definition) is 0. The smallest absolute Gasteiger partial charge is 0.312 e. The molecule has 0 aliphatic heterocycles. The molecule has 0 bridgehead atoms. The van der Waals surface area contributed by atoms with Crippen LogP contribution in [0.15, 0.2) is 12.2 Å². The van der Waals surface area contributed by atoms with Crippen molar-refractivity contribution in [3.8, 4) is 0 Å². The van der Waals surface area contributed by atoms with E-state index in [2.05, 4.69) is 0 Å². The minimum atomic E-state index is -0.118. The van der Waals surface area contributed by atoms with E-state index in [-0.39, 0.29) is 11.9 Å². The molecule has 1 aliphatic carbocycles. The van der Waals surface area contributed by atoms with Crippen molar-refractivity contribution in [2.75, 3.05) is 20.3 Å².